The highest BCUT2D eigenvalue weighted by molar-refractivity contribution is 8.20. The largest absolute Gasteiger partial charge is 0.0750 e. The highest BCUT2D eigenvalue weighted by Crippen LogP contribution is 2.54. The Morgan fingerprint density at radius 3 is 0.778 bits per heavy atom. The van der Waals surface area contributed by atoms with Gasteiger partial charge in [-0.2, -0.15) is 0 Å². The molecule has 0 atom stereocenters. The third-order valence-corrected chi connectivity index (χ3v) is 173. The summed E-state index contributed by atoms with van der Waals surface area (Å²) < 4.78 is 0. The molecule has 1 saturated heterocycles. The van der Waals surface area contributed by atoms with Crippen molar-refractivity contribution in [3.8, 4) is 0 Å². The molecule has 0 spiro atoms. The lowest BCUT2D eigenvalue weighted by molar-refractivity contribution is 1.78. The first kappa shape index (κ1) is 17.4. The first-order valence-corrected chi connectivity index (χ1v) is 31.5. The molecule has 1 fully saturated rings. The van der Waals surface area contributed by atoms with Crippen LogP contribution in [0, 0.1) is 0 Å². The Kier molecular flexibility index (Phi) is 3.80. The minimum atomic E-state index is -0.974. The molecule has 18 heavy (non-hydrogen) atoms. The summed E-state index contributed by atoms with van der Waals surface area (Å²) in [5.74, 6) is 0. The van der Waals surface area contributed by atoms with E-state index in [2.05, 4.69) is 78.6 Å². The summed E-state index contributed by atoms with van der Waals surface area (Å²) in [7, 11) is -4.77. The lowest BCUT2D eigenvalue weighted by Crippen LogP contribution is -2.81. The van der Waals surface area contributed by atoms with Gasteiger partial charge in [0.2, 0.25) is 0 Å². The molecule has 0 aliphatic carbocycles. The molecule has 0 nitrogen and oxygen atoms in total. The molecule has 0 bridgehead atoms. The molecule has 0 amide bonds. The normalized spacial score (nSPS) is 31.3. The van der Waals surface area contributed by atoms with Crippen LogP contribution in [0.3, 0.4) is 0 Å². The van der Waals surface area contributed by atoms with Crippen molar-refractivity contribution in [3.05, 3.63) is 0 Å². The monoisotopic (exact) mass is 348 g/mol. The maximum absolute atomic E-state index is 2.92. The molecule has 1 heterocycles. The van der Waals surface area contributed by atoms with Gasteiger partial charge in [-0.15, -0.1) is 0 Å². The van der Waals surface area contributed by atoms with Gasteiger partial charge in [0, 0.05) is 42.7 Å². The van der Waals surface area contributed by atoms with E-state index in [0.717, 1.165) is 0 Å². The first-order valence-electron chi connectivity index (χ1n) is 7.50. The van der Waals surface area contributed by atoms with Crippen LogP contribution >= 0.6 is 0 Å². The summed E-state index contributed by atoms with van der Waals surface area (Å²) in [6, 6.07) is 0. The zero-order valence-corrected chi connectivity index (χ0v) is 21.0. The van der Waals surface area contributed by atoms with E-state index in [1.807, 2.05) is 0 Å². The Balaban J connectivity index is 3.75. The third kappa shape index (κ3) is 1.50. The molecule has 0 unspecified atom stereocenters. The second-order valence-electron chi connectivity index (χ2n) is 9.88. The Labute approximate surface area is 121 Å². The van der Waals surface area contributed by atoms with Gasteiger partial charge in [0.1, 0.15) is 0 Å². The van der Waals surface area contributed by atoms with E-state index >= 15 is 0 Å². The van der Waals surface area contributed by atoms with Crippen LogP contribution < -0.4 is 0 Å². The van der Waals surface area contributed by atoms with E-state index in [1.54, 1.807) is 0 Å². The van der Waals surface area contributed by atoms with Gasteiger partial charge in [-0.3, -0.25) is 0 Å². The smallest absolute Gasteiger partial charge is 0.0329 e. The summed E-state index contributed by atoms with van der Waals surface area (Å²) >= 11 is 0. The lowest BCUT2D eigenvalue weighted by Gasteiger charge is -2.54. The second-order valence-corrected chi connectivity index (χ2v) is 83.6. The summed E-state index contributed by atoms with van der Waals surface area (Å²) in [6.45, 7) is 32.9. The predicted octanol–water partition coefficient (Wildman–Crippen LogP) is 4.72. The topological polar surface area (TPSA) is 0 Å². The van der Waals surface area contributed by atoms with E-state index in [1.165, 1.54) is 0 Å². The van der Waals surface area contributed by atoms with E-state index < -0.39 is 42.7 Å². The van der Waals surface area contributed by atoms with E-state index in [0.29, 0.717) is 0 Å². The Morgan fingerprint density at radius 1 is 0.444 bits per heavy atom. The maximum atomic E-state index is 2.92. The van der Waals surface area contributed by atoms with Crippen molar-refractivity contribution in [1.82, 2.24) is 0 Å². The van der Waals surface area contributed by atoms with Crippen molar-refractivity contribution in [2.24, 2.45) is 0 Å². The minimum absolute atomic E-state index is 0.940. The van der Waals surface area contributed by atoms with Gasteiger partial charge in [0.15, 0.2) is 0 Å². The molecule has 108 valence electrons. The molecule has 0 radical (unpaired) electrons. The zero-order valence-electron chi connectivity index (χ0n) is 15.0. The van der Waals surface area contributed by atoms with Gasteiger partial charge >= 0.3 is 0 Å². The van der Waals surface area contributed by atoms with E-state index in [4.69, 9.17) is 0 Å². The van der Waals surface area contributed by atoms with Crippen molar-refractivity contribution in [3.63, 3.8) is 0 Å². The van der Waals surface area contributed by atoms with Gasteiger partial charge in [-0.1, -0.05) is 78.6 Å². The zero-order chi connectivity index (χ0) is 15.0. The van der Waals surface area contributed by atoms with Gasteiger partial charge in [-0.25, -0.2) is 0 Å². The average Bonchev–Trinajstić information content (AvgIpc) is 2.16. The lowest BCUT2D eigenvalue weighted by atomic mass is 11.8. The molecule has 0 aromatic rings. The van der Waals surface area contributed by atoms with Crippen LogP contribution in [-0.2, 0) is 0 Å². The van der Waals surface area contributed by atoms with Crippen LogP contribution in [0.15, 0.2) is 0 Å². The number of hydrogen-bond donors (Lipinski definition) is 0. The van der Waals surface area contributed by atoms with Crippen molar-refractivity contribution >= 4 is 42.7 Å². The Morgan fingerprint density at radius 2 is 0.667 bits per heavy atom. The van der Waals surface area contributed by atoms with Gasteiger partial charge in [0.25, 0.3) is 0 Å². The third-order valence-electron chi connectivity index (χ3n) is 8.69. The predicted molar refractivity (Wildman–Crippen MR) is 105 cm³/mol. The molecule has 1 aliphatic heterocycles. The molecule has 0 aromatic heterocycles. The van der Waals surface area contributed by atoms with Crippen LogP contribution in [0.25, 0.3) is 0 Å². The SMILES string of the molecule is C[Si](C)(C)[Si]1(C)[Si](C)(C)[Si](C)(C)[Si](C)(C)[Si]1(C)C. The molecule has 0 N–H and O–H groups in total. The number of rotatable bonds is 1. The van der Waals surface area contributed by atoms with Gasteiger partial charge in [0.05, 0.1) is 0 Å². The highest BCUT2D eigenvalue weighted by Gasteiger charge is 2.79. The minimum Gasteiger partial charge on any atom is -0.0750 e. The van der Waals surface area contributed by atoms with Crippen LogP contribution in [0.2, 0.25) is 78.6 Å². The maximum Gasteiger partial charge on any atom is 0.0329 e. The fraction of sp³-hybridized carbons (Fsp3) is 1.00. The van der Waals surface area contributed by atoms with E-state index in [-0.39, 0.29) is 0 Å². The van der Waals surface area contributed by atoms with Crippen molar-refractivity contribution in [2.75, 3.05) is 0 Å². The highest BCUT2D eigenvalue weighted by atomic mass is 30.3. The molecule has 0 saturated carbocycles. The van der Waals surface area contributed by atoms with Crippen molar-refractivity contribution in [1.29, 1.82) is 0 Å². The fourth-order valence-electron chi connectivity index (χ4n) is 5.47. The fourth-order valence-corrected chi connectivity index (χ4v) is 289. The Bertz CT molecular complexity index is 335. The van der Waals surface area contributed by atoms with Gasteiger partial charge < -0.3 is 0 Å². The van der Waals surface area contributed by atoms with Crippen molar-refractivity contribution < 1.29 is 0 Å². The summed E-state index contributed by atoms with van der Waals surface area (Å²) in [6.07, 6.45) is 0. The van der Waals surface area contributed by atoms with Crippen molar-refractivity contribution in [2.45, 2.75) is 78.6 Å². The van der Waals surface area contributed by atoms with Gasteiger partial charge in [-0.05, 0) is 0 Å². The Hall–Kier alpha value is 1.30. The summed E-state index contributed by atoms with van der Waals surface area (Å²) in [4.78, 5) is 0. The van der Waals surface area contributed by atoms with Crippen LogP contribution in [0.5, 0.6) is 0 Å². The van der Waals surface area contributed by atoms with Crippen LogP contribution in [0.4, 0.5) is 0 Å². The first-order chi connectivity index (χ1) is 7.50. The quantitative estimate of drug-likeness (QED) is 0.601. The standard InChI is InChI=1S/C12H36Si6/c1-13(2,3)18(12)16(8,9)14(4,5)15(6,7)17(18,10)11/h1-12H3. The summed E-state index contributed by atoms with van der Waals surface area (Å²) in [5.41, 5.74) is 0. The second kappa shape index (κ2) is 3.94. The molecule has 6 heteroatoms. The molecule has 1 rings (SSSR count). The molecular formula is C12H36Si6. The summed E-state index contributed by atoms with van der Waals surface area (Å²) in [5, 5.41) is 0. The van der Waals surface area contributed by atoms with Crippen LogP contribution in [-0.4, -0.2) is 42.7 Å². The molecule has 0 aromatic carbocycles. The van der Waals surface area contributed by atoms with Crippen LogP contribution in [0.1, 0.15) is 0 Å². The molecule has 1 aliphatic rings. The molecular weight excluding hydrogens is 313 g/mol. The van der Waals surface area contributed by atoms with E-state index in [9.17, 15) is 0 Å². The number of hydrogen-bond acceptors (Lipinski definition) is 0. The average molecular weight is 349 g/mol.